The normalized spacial score (nSPS) is 19.6. The van der Waals surface area contributed by atoms with Crippen molar-refractivity contribution in [3.63, 3.8) is 0 Å². The second kappa shape index (κ2) is 6.95. The maximum absolute atomic E-state index is 12.4. The minimum absolute atomic E-state index is 0.0946. The lowest BCUT2D eigenvalue weighted by Crippen LogP contribution is -2.38. The third-order valence-electron chi connectivity index (χ3n) is 3.62. The van der Waals surface area contributed by atoms with Crippen LogP contribution in [0.3, 0.4) is 0 Å². The standard InChI is InChI=1S/C15H21ClN2O2/c1-3-17-14-5-4-12(16)8-13(14)15(19)18-10(2)11-6-7-20-9-11/h4-5,8,10-11,17H,3,6-7,9H2,1-2H3,(H,18,19). The minimum atomic E-state index is -0.0946. The van der Waals surface area contributed by atoms with Crippen LogP contribution in [0.5, 0.6) is 0 Å². The van der Waals surface area contributed by atoms with E-state index >= 15 is 0 Å². The fourth-order valence-corrected chi connectivity index (χ4v) is 2.57. The monoisotopic (exact) mass is 296 g/mol. The Balaban J connectivity index is 2.09. The highest BCUT2D eigenvalue weighted by Gasteiger charge is 2.24. The summed E-state index contributed by atoms with van der Waals surface area (Å²) in [5, 5.41) is 6.79. The molecule has 0 aliphatic carbocycles. The zero-order valence-electron chi connectivity index (χ0n) is 11.9. The smallest absolute Gasteiger partial charge is 0.253 e. The molecular weight excluding hydrogens is 276 g/mol. The van der Waals surface area contributed by atoms with Crippen LogP contribution in [0.1, 0.15) is 30.6 Å². The van der Waals surface area contributed by atoms with Crippen LogP contribution in [-0.2, 0) is 4.74 Å². The first-order valence-electron chi connectivity index (χ1n) is 7.04. The number of amides is 1. The summed E-state index contributed by atoms with van der Waals surface area (Å²) in [6.07, 6.45) is 0.997. The molecule has 1 saturated heterocycles. The lowest BCUT2D eigenvalue weighted by Gasteiger charge is -2.20. The Kier molecular flexibility index (Phi) is 5.26. The number of benzene rings is 1. The Labute approximate surface area is 124 Å². The Morgan fingerprint density at radius 3 is 3.00 bits per heavy atom. The van der Waals surface area contributed by atoms with Crippen molar-refractivity contribution in [2.45, 2.75) is 26.3 Å². The van der Waals surface area contributed by atoms with Gasteiger partial charge < -0.3 is 15.4 Å². The summed E-state index contributed by atoms with van der Waals surface area (Å²) in [5.41, 5.74) is 1.40. The molecule has 2 unspecified atom stereocenters. The maximum atomic E-state index is 12.4. The predicted molar refractivity (Wildman–Crippen MR) is 81.5 cm³/mol. The van der Waals surface area contributed by atoms with Crippen LogP contribution in [0, 0.1) is 5.92 Å². The third kappa shape index (κ3) is 3.64. The van der Waals surface area contributed by atoms with Gasteiger partial charge in [0.15, 0.2) is 0 Å². The average molecular weight is 297 g/mol. The van der Waals surface area contributed by atoms with Gasteiger partial charge in [0.25, 0.3) is 5.91 Å². The number of anilines is 1. The van der Waals surface area contributed by atoms with Gasteiger partial charge in [-0.2, -0.15) is 0 Å². The maximum Gasteiger partial charge on any atom is 0.253 e. The molecule has 0 aromatic heterocycles. The van der Waals surface area contributed by atoms with Gasteiger partial charge in [0.2, 0.25) is 0 Å². The second-order valence-corrected chi connectivity index (χ2v) is 5.54. The molecule has 2 rings (SSSR count). The Hall–Kier alpha value is -1.26. The molecule has 0 spiro atoms. The van der Waals surface area contributed by atoms with Gasteiger partial charge in [0.1, 0.15) is 0 Å². The van der Waals surface area contributed by atoms with Crippen molar-refractivity contribution in [3.05, 3.63) is 28.8 Å². The van der Waals surface area contributed by atoms with Gasteiger partial charge in [-0.1, -0.05) is 11.6 Å². The Morgan fingerprint density at radius 2 is 2.35 bits per heavy atom. The minimum Gasteiger partial charge on any atom is -0.385 e. The number of nitrogens with one attached hydrogen (secondary N) is 2. The highest BCUT2D eigenvalue weighted by atomic mass is 35.5. The SMILES string of the molecule is CCNc1ccc(Cl)cc1C(=O)NC(C)C1CCOC1. The van der Waals surface area contributed by atoms with Crippen molar-refractivity contribution in [2.75, 3.05) is 25.1 Å². The fraction of sp³-hybridized carbons (Fsp3) is 0.533. The number of halogens is 1. The lowest BCUT2D eigenvalue weighted by atomic mass is 10.00. The topological polar surface area (TPSA) is 50.4 Å². The van der Waals surface area contributed by atoms with Gasteiger partial charge in [-0.15, -0.1) is 0 Å². The van der Waals surface area contributed by atoms with E-state index in [0.29, 0.717) is 16.5 Å². The number of ether oxygens (including phenoxy) is 1. The molecule has 0 bridgehead atoms. The van der Waals surface area contributed by atoms with Gasteiger partial charge in [-0.05, 0) is 38.5 Å². The van der Waals surface area contributed by atoms with E-state index in [1.807, 2.05) is 19.9 Å². The van der Waals surface area contributed by atoms with Crippen molar-refractivity contribution in [1.29, 1.82) is 0 Å². The van der Waals surface area contributed by atoms with Crippen molar-refractivity contribution in [2.24, 2.45) is 5.92 Å². The van der Waals surface area contributed by atoms with Crippen molar-refractivity contribution in [3.8, 4) is 0 Å². The van der Waals surface area contributed by atoms with Gasteiger partial charge in [-0.25, -0.2) is 0 Å². The van der Waals surface area contributed by atoms with E-state index in [4.69, 9.17) is 16.3 Å². The molecule has 4 nitrogen and oxygen atoms in total. The van der Waals surface area contributed by atoms with Crippen LogP contribution in [0.4, 0.5) is 5.69 Å². The largest absolute Gasteiger partial charge is 0.385 e. The van der Waals surface area contributed by atoms with E-state index in [0.717, 1.165) is 31.9 Å². The molecule has 1 aromatic carbocycles. The van der Waals surface area contributed by atoms with Crippen LogP contribution >= 0.6 is 11.6 Å². The molecule has 1 amide bonds. The van der Waals surface area contributed by atoms with Crippen LogP contribution in [0.15, 0.2) is 18.2 Å². The molecule has 1 aliphatic heterocycles. The molecule has 1 aromatic rings. The van der Waals surface area contributed by atoms with Crippen LogP contribution < -0.4 is 10.6 Å². The molecule has 20 heavy (non-hydrogen) atoms. The molecule has 1 aliphatic rings. The predicted octanol–water partition coefficient (Wildman–Crippen LogP) is 2.93. The van der Waals surface area contributed by atoms with E-state index in [-0.39, 0.29) is 11.9 Å². The summed E-state index contributed by atoms with van der Waals surface area (Å²) in [4.78, 5) is 12.4. The van der Waals surface area contributed by atoms with E-state index < -0.39 is 0 Å². The molecule has 2 atom stereocenters. The number of carbonyl (C=O) groups excluding carboxylic acids is 1. The summed E-state index contributed by atoms with van der Waals surface area (Å²) in [7, 11) is 0. The number of rotatable bonds is 5. The fourth-order valence-electron chi connectivity index (χ4n) is 2.40. The molecule has 0 saturated carbocycles. The van der Waals surface area contributed by atoms with Crippen molar-refractivity contribution in [1.82, 2.24) is 5.32 Å². The molecule has 2 N–H and O–H groups in total. The van der Waals surface area contributed by atoms with E-state index in [9.17, 15) is 4.79 Å². The summed E-state index contributed by atoms with van der Waals surface area (Å²) in [6.45, 7) is 6.28. The number of hydrogen-bond donors (Lipinski definition) is 2. The van der Waals surface area contributed by atoms with Gasteiger partial charge >= 0.3 is 0 Å². The van der Waals surface area contributed by atoms with Crippen molar-refractivity contribution < 1.29 is 9.53 Å². The first-order valence-corrected chi connectivity index (χ1v) is 7.41. The van der Waals surface area contributed by atoms with E-state index in [1.54, 1.807) is 12.1 Å². The molecule has 1 heterocycles. The Morgan fingerprint density at radius 1 is 1.55 bits per heavy atom. The van der Waals surface area contributed by atoms with Gasteiger partial charge in [0.05, 0.1) is 12.2 Å². The summed E-state index contributed by atoms with van der Waals surface area (Å²) < 4.78 is 5.36. The lowest BCUT2D eigenvalue weighted by molar-refractivity contribution is 0.0923. The zero-order valence-corrected chi connectivity index (χ0v) is 12.7. The second-order valence-electron chi connectivity index (χ2n) is 5.11. The highest BCUT2D eigenvalue weighted by molar-refractivity contribution is 6.31. The average Bonchev–Trinajstić information content (AvgIpc) is 2.95. The Bertz CT molecular complexity index is 473. The van der Waals surface area contributed by atoms with Crippen LogP contribution in [0.2, 0.25) is 5.02 Å². The molecule has 110 valence electrons. The summed E-state index contributed by atoms with van der Waals surface area (Å²) >= 11 is 6.00. The third-order valence-corrected chi connectivity index (χ3v) is 3.86. The molecule has 5 heteroatoms. The summed E-state index contributed by atoms with van der Waals surface area (Å²) in [6, 6.07) is 5.42. The van der Waals surface area contributed by atoms with E-state index in [1.165, 1.54) is 0 Å². The van der Waals surface area contributed by atoms with Gasteiger partial charge in [0, 0.05) is 35.8 Å². The molecule has 0 radical (unpaired) electrons. The van der Waals surface area contributed by atoms with Crippen LogP contribution in [0.25, 0.3) is 0 Å². The molecule has 1 fully saturated rings. The first-order chi connectivity index (χ1) is 9.61. The highest BCUT2D eigenvalue weighted by Crippen LogP contribution is 2.22. The zero-order chi connectivity index (χ0) is 14.5. The van der Waals surface area contributed by atoms with Crippen molar-refractivity contribution >= 4 is 23.2 Å². The number of carbonyl (C=O) groups is 1. The first kappa shape index (κ1) is 15.1. The number of hydrogen-bond acceptors (Lipinski definition) is 3. The van der Waals surface area contributed by atoms with E-state index in [2.05, 4.69) is 10.6 Å². The van der Waals surface area contributed by atoms with Crippen LogP contribution in [-0.4, -0.2) is 31.7 Å². The quantitative estimate of drug-likeness (QED) is 0.878. The summed E-state index contributed by atoms with van der Waals surface area (Å²) in [5.74, 6) is 0.295. The molecular formula is C15H21ClN2O2. The van der Waals surface area contributed by atoms with Gasteiger partial charge in [-0.3, -0.25) is 4.79 Å².